The van der Waals surface area contributed by atoms with Gasteiger partial charge in [-0.3, -0.25) is 4.90 Å². The van der Waals surface area contributed by atoms with Crippen LogP contribution in [0.5, 0.6) is 0 Å². The van der Waals surface area contributed by atoms with Gasteiger partial charge >= 0.3 is 5.97 Å². The second-order valence-electron chi connectivity index (χ2n) is 4.43. The van der Waals surface area contributed by atoms with Crippen LogP contribution in [0.1, 0.15) is 22.3 Å². The number of nitrogens with two attached hydrogens (primary N) is 1. The molecule has 1 fully saturated rings. The summed E-state index contributed by atoms with van der Waals surface area (Å²) in [7, 11) is 1.41. The Balaban J connectivity index is 0.00000162. The summed E-state index contributed by atoms with van der Waals surface area (Å²) >= 11 is 0. The quantitative estimate of drug-likeness (QED) is 0.845. The van der Waals surface area contributed by atoms with Crippen molar-refractivity contribution in [2.24, 2.45) is 5.73 Å². The summed E-state index contributed by atoms with van der Waals surface area (Å²) < 4.78 is 4.78. The average Bonchev–Trinajstić information content (AvgIpc) is 2.74. The van der Waals surface area contributed by atoms with E-state index in [0.717, 1.165) is 31.6 Å². The molecule has 5 heteroatoms. The Morgan fingerprint density at radius 2 is 2.22 bits per heavy atom. The number of hydrogen-bond acceptors (Lipinski definition) is 4. The fourth-order valence-corrected chi connectivity index (χ4v) is 2.21. The van der Waals surface area contributed by atoms with E-state index in [-0.39, 0.29) is 24.4 Å². The second kappa shape index (κ2) is 6.73. The Hall–Kier alpha value is -1.10. The largest absolute Gasteiger partial charge is 0.465 e. The number of ether oxygens (including phenoxy) is 1. The minimum atomic E-state index is -0.274. The van der Waals surface area contributed by atoms with E-state index in [0.29, 0.717) is 5.56 Å². The number of benzene rings is 1. The average molecular weight is 271 g/mol. The number of likely N-dealkylation sites (tertiary alicyclic amines) is 1. The summed E-state index contributed by atoms with van der Waals surface area (Å²) in [4.78, 5) is 13.9. The highest BCUT2D eigenvalue weighted by molar-refractivity contribution is 5.90. The topological polar surface area (TPSA) is 55.6 Å². The van der Waals surface area contributed by atoms with E-state index in [1.807, 2.05) is 18.2 Å². The molecule has 1 atom stereocenters. The molecule has 0 saturated carbocycles. The third-order valence-corrected chi connectivity index (χ3v) is 3.13. The molecule has 1 unspecified atom stereocenters. The minimum absolute atomic E-state index is 0. The molecule has 1 aliphatic rings. The molecule has 2 rings (SSSR count). The maximum absolute atomic E-state index is 11.6. The second-order valence-corrected chi connectivity index (χ2v) is 4.43. The number of nitrogens with zero attached hydrogens (tertiary/aromatic N) is 1. The third kappa shape index (κ3) is 3.45. The molecule has 18 heavy (non-hydrogen) atoms. The zero-order valence-corrected chi connectivity index (χ0v) is 11.3. The summed E-state index contributed by atoms with van der Waals surface area (Å²) in [6, 6.07) is 7.83. The molecule has 0 aromatic heterocycles. The molecule has 0 radical (unpaired) electrons. The maximum Gasteiger partial charge on any atom is 0.338 e. The van der Waals surface area contributed by atoms with E-state index in [2.05, 4.69) is 4.90 Å². The Labute approximate surface area is 114 Å². The van der Waals surface area contributed by atoms with Gasteiger partial charge in [0.1, 0.15) is 0 Å². The molecule has 1 aromatic rings. The first-order valence-electron chi connectivity index (χ1n) is 5.85. The number of carbonyl (C=O) groups is 1. The van der Waals surface area contributed by atoms with Crippen LogP contribution in [0.15, 0.2) is 24.3 Å². The predicted octanol–water partition coefficient (Wildman–Crippen LogP) is 1.43. The lowest BCUT2D eigenvalue weighted by atomic mass is 10.1. The lowest BCUT2D eigenvalue weighted by Gasteiger charge is -2.16. The van der Waals surface area contributed by atoms with Gasteiger partial charge in [0.2, 0.25) is 0 Å². The minimum Gasteiger partial charge on any atom is -0.465 e. The van der Waals surface area contributed by atoms with Crippen LogP contribution in [0.25, 0.3) is 0 Å². The first kappa shape index (κ1) is 15.0. The highest BCUT2D eigenvalue weighted by Crippen LogP contribution is 2.16. The Morgan fingerprint density at radius 1 is 1.50 bits per heavy atom. The van der Waals surface area contributed by atoms with Gasteiger partial charge in [-0.25, -0.2) is 4.79 Å². The van der Waals surface area contributed by atoms with Gasteiger partial charge in [-0.2, -0.15) is 0 Å². The summed E-state index contributed by atoms with van der Waals surface area (Å²) in [6.07, 6.45) is 1.03. The highest BCUT2D eigenvalue weighted by atomic mass is 35.5. The SMILES string of the molecule is COC(=O)c1ccccc1CN1CCC(N)C1.Cl. The molecular formula is C13H19ClN2O2. The summed E-state index contributed by atoms with van der Waals surface area (Å²) in [5.74, 6) is -0.274. The number of rotatable bonds is 3. The van der Waals surface area contributed by atoms with Crippen molar-refractivity contribution in [1.29, 1.82) is 0 Å². The lowest BCUT2D eigenvalue weighted by Crippen LogP contribution is -2.26. The molecule has 100 valence electrons. The van der Waals surface area contributed by atoms with Gasteiger partial charge in [0, 0.05) is 25.7 Å². The number of hydrogen-bond donors (Lipinski definition) is 1. The molecule has 1 heterocycles. The third-order valence-electron chi connectivity index (χ3n) is 3.13. The van der Waals surface area contributed by atoms with Crippen LogP contribution >= 0.6 is 12.4 Å². The zero-order valence-electron chi connectivity index (χ0n) is 10.5. The van der Waals surface area contributed by atoms with Gasteiger partial charge in [0.05, 0.1) is 12.7 Å². The van der Waals surface area contributed by atoms with Crippen molar-refractivity contribution in [3.05, 3.63) is 35.4 Å². The summed E-state index contributed by atoms with van der Waals surface area (Å²) in [6.45, 7) is 2.66. The fourth-order valence-electron chi connectivity index (χ4n) is 2.21. The molecule has 0 bridgehead atoms. The molecule has 0 spiro atoms. The standard InChI is InChI=1S/C13H18N2O2.ClH/c1-17-13(16)12-5-3-2-4-10(12)8-15-7-6-11(14)9-15;/h2-5,11H,6-9,14H2,1H3;1H. The highest BCUT2D eigenvalue weighted by Gasteiger charge is 2.21. The van der Waals surface area contributed by atoms with E-state index in [1.54, 1.807) is 6.07 Å². The monoisotopic (exact) mass is 270 g/mol. The normalized spacial score (nSPS) is 19.3. The molecule has 1 aromatic carbocycles. The zero-order chi connectivity index (χ0) is 12.3. The van der Waals surface area contributed by atoms with Crippen molar-refractivity contribution in [3.63, 3.8) is 0 Å². The van der Waals surface area contributed by atoms with E-state index in [1.165, 1.54) is 7.11 Å². The molecule has 2 N–H and O–H groups in total. The van der Waals surface area contributed by atoms with E-state index in [9.17, 15) is 4.79 Å². The number of methoxy groups -OCH3 is 1. The molecule has 0 amide bonds. The molecule has 1 saturated heterocycles. The predicted molar refractivity (Wildman–Crippen MR) is 72.9 cm³/mol. The van der Waals surface area contributed by atoms with Gasteiger partial charge in [0.15, 0.2) is 0 Å². The van der Waals surface area contributed by atoms with Gasteiger partial charge in [-0.15, -0.1) is 12.4 Å². The van der Waals surface area contributed by atoms with Crippen LogP contribution in [-0.4, -0.2) is 37.1 Å². The van der Waals surface area contributed by atoms with Crippen LogP contribution < -0.4 is 5.73 Å². The van der Waals surface area contributed by atoms with Crippen molar-refractivity contribution in [1.82, 2.24) is 4.90 Å². The number of halogens is 1. The van der Waals surface area contributed by atoms with Gasteiger partial charge in [-0.1, -0.05) is 18.2 Å². The van der Waals surface area contributed by atoms with Crippen molar-refractivity contribution in [2.45, 2.75) is 19.0 Å². The van der Waals surface area contributed by atoms with Crippen molar-refractivity contribution in [3.8, 4) is 0 Å². The van der Waals surface area contributed by atoms with Crippen LogP contribution in [-0.2, 0) is 11.3 Å². The molecule has 4 nitrogen and oxygen atoms in total. The Bertz CT molecular complexity index is 412. The van der Waals surface area contributed by atoms with E-state index < -0.39 is 0 Å². The van der Waals surface area contributed by atoms with Crippen LogP contribution in [0.2, 0.25) is 0 Å². The Kier molecular flexibility index (Phi) is 5.59. The van der Waals surface area contributed by atoms with Gasteiger partial charge in [0.25, 0.3) is 0 Å². The van der Waals surface area contributed by atoms with Crippen molar-refractivity contribution < 1.29 is 9.53 Å². The molecular weight excluding hydrogens is 252 g/mol. The summed E-state index contributed by atoms with van der Waals surface area (Å²) in [5, 5.41) is 0. The van der Waals surface area contributed by atoms with Crippen LogP contribution in [0, 0.1) is 0 Å². The number of esters is 1. The van der Waals surface area contributed by atoms with Gasteiger partial charge in [-0.05, 0) is 18.1 Å². The molecule has 0 aliphatic carbocycles. The first-order chi connectivity index (χ1) is 8.20. The maximum atomic E-state index is 11.6. The van der Waals surface area contributed by atoms with Crippen LogP contribution in [0.4, 0.5) is 0 Å². The molecule has 1 aliphatic heterocycles. The summed E-state index contributed by atoms with van der Waals surface area (Å²) in [5.41, 5.74) is 7.53. The van der Waals surface area contributed by atoms with E-state index >= 15 is 0 Å². The van der Waals surface area contributed by atoms with Crippen LogP contribution in [0.3, 0.4) is 0 Å². The van der Waals surface area contributed by atoms with Gasteiger partial charge < -0.3 is 10.5 Å². The first-order valence-corrected chi connectivity index (χ1v) is 5.85. The Morgan fingerprint density at radius 3 is 2.83 bits per heavy atom. The lowest BCUT2D eigenvalue weighted by molar-refractivity contribution is 0.0598. The van der Waals surface area contributed by atoms with E-state index in [4.69, 9.17) is 10.5 Å². The van der Waals surface area contributed by atoms with Crippen molar-refractivity contribution in [2.75, 3.05) is 20.2 Å². The number of carbonyl (C=O) groups excluding carboxylic acids is 1. The fraction of sp³-hybridized carbons (Fsp3) is 0.462. The smallest absolute Gasteiger partial charge is 0.338 e. The van der Waals surface area contributed by atoms with Crippen molar-refractivity contribution >= 4 is 18.4 Å².